The second-order valence-corrected chi connectivity index (χ2v) is 8.12. The predicted octanol–water partition coefficient (Wildman–Crippen LogP) is 4.04. The molecule has 0 bridgehead atoms. The van der Waals surface area contributed by atoms with Crippen LogP contribution in [0.25, 0.3) is 22.2 Å². The smallest absolute Gasteiger partial charge is 0.251 e. The minimum Gasteiger partial charge on any atom is -0.378 e. The molecule has 4 aromatic rings. The molecule has 4 heterocycles. The molecule has 1 saturated heterocycles. The van der Waals surface area contributed by atoms with Gasteiger partial charge < -0.3 is 18.8 Å². The lowest BCUT2D eigenvalue weighted by Gasteiger charge is -2.28. The van der Waals surface area contributed by atoms with Crippen molar-refractivity contribution in [2.45, 2.75) is 6.54 Å². The second kappa shape index (κ2) is 8.21. The molecule has 3 aromatic heterocycles. The summed E-state index contributed by atoms with van der Waals surface area (Å²) in [5.74, 6) is 0. The van der Waals surface area contributed by atoms with E-state index in [4.69, 9.17) is 16.3 Å². The van der Waals surface area contributed by atoms with Crippen LogP contribution < -0.4 is 10.5 Å². The summed E-state index contributed by atoms with van der Waals surface area (Å²) >= 11 is 6.07. The van der Waals surface area contributed by atoms with Crippen LogP contribution in [0.3, 0.4) is 0 Å². The highest BCUT2D eigenvalue weighted by Gasteiger charge is 2.16. The van der Waals surface area contributed by atoms with Gasteiger partial charge in [-0.1, -0.05) is 23.7 Å². The van der Waals surface area contributed by atoms with Gasteiger partial charge in [-0.2, -0.15) is 0 Å². The number of morpholine rings is 1. The van der Waals surface area contributed by atoms with E-state index in [0.717, 1.165) is 46.5 Å². The Morgan fingerprint density at radius 1 is 1.13 bits per heavy atom. The monoisotopic (exact) mass is 433 g/mol. The molecule has 0 spiro atoms. The molecule has 157 valence electrons. The summed E-state index contributed by atoms with van der Waals surface area (Å²) in [7, 11) is 4.07. The minimum absolute atomic E-state index is 0.0697. The van der Waals surface area contributed by atoms with Gasteiger partial charge in [-0.15, -0.1) is 0 Å². The third-order valence-corrected chi connectivity index (χ3v) is 5.86. The Hall–Kier alpha value is -3.09. The molecular formula is C24H22ClN4O2. The fourth-order valence-electron chi connectivity index (χ4n) is 4.02. The van der Waals surface area contributed by atoms with Crippen molar-refractivity contribution in [2.75, 3.05) is 31.2 Å². The van der Waals surface area contributed by atoms with Gasteiger partial charge in [0.25, 0.3) is 5.56 Å². The summed E-state index contributed by atoms with van der Waals surface area (Å²) in [6, 6.07) is 13.3. The van der Waals surface area contributed by atoms with Gasteiger partial charge in [-0.3, -0.25) is 4.79 Å². The van der Waals surface area contributed by atoms with Gasteiger partial charge >= 0.3 is 0 Å². The maximum atomic E-state index is 12.8. The van der Waals surface area contributed by atoms with Crippen molar-refractivity contribution in [1.29, 1.82) is 0 Å². The van der Waals surface area contributed by atoms with Gasteiger partial charge in [0.2, 0.25) is 0 Å². The number of hydrogen-bond acceptors (Lipinski definition) is 4. The number of ether oxygens (including phenoxy) is 1. The van der Waals surface area contributed by atoms with E-state index in [1.54, 1.807) is 15.2 Å². The fraction of sp³-hybridized carbons (Fsp3) is 0.208. The largest absolute Gasteiger partial charge is 0.378 e. The Labute approximate surface area is 185 Å². The number of fused-ring (bicyclic) bond motifs is 1. The third-order valence-electron chi connectivity index (χ3n) is 5.62. The molecule has 5 rings (SSSR count). The van der Waals surface area contributed by atoms with E-state index in [1.165, 1.54) is 0 Å². The Morgan fingerprint density at radius 3 is 2.74 bits per heavy atom. The summed E-state index contributed by atoms with van der Waals surface area (Å²) < 4.78 is 8.89. The zero-order valence-corrected chi connectivity index (χ0v) is 17.8. The Balaban J connectivity index is 1.51. The van der Waals surface area contributed by atoms with E-state index in [1.807, 2.05) is 48.9 Å². The number of benzene rings is 1. The van der Waals surface area contributed by atoms with Crippen LogP contribution in [0, 0.1) is 7.05 Å². The van der Waals surface area contributed by atoms with E-state index in [9.17, 15) is 4.79 Å². The Morgan fingerprint density at radius 2 is 1.97 bits per heavy atom. The van der Waals surface area contributed by atoms with Gasteiger partial charge in [-0.25, -0.2) is 4.98 Å². The number of hydrogen-bond donors (Lipinski definition) is 0. The lowest BCUT2D eigenvalue weighted by Crippen LogP contribution is -2.36. The van der Waals surface area contributed by atoms with Gasteiger partial charge in [0.15, 0.2) is 0 Å². The van der Waals surface area contributed by atoms with Crippen molar-refractivity contribution >= 4 is 28.3 Å². The van der Waals surface area contributed by atoms with Crippen LogP contribution in [0.2, 0.25) is 5.02 Å². The first kappa shape index (κ1) is 19.8. The first-order valence-corrected chi connectivity index (χ1v) is 10.6. The van der Waals surface area contributed by atoms with Crippen LogP contribution in [0.4, 0.5) is 5.69 Å². The highest BCUT2D eigenvalue weighted by molar-refractivity contribution is 6.30. The second-order valence-electron chi connectivity index (χ2n) is 7.69. The first-order valence-electron chi connectivity index (χ1n) is 10.2. The molecule has 0 aliphatic carbocycles. The topological polar surface area (TPSA) is 52.3 Å². The highest BCUT2D eigenvalue weighted by Crippen LogP contribution is 2.31. The van der Waals surface area contributed by atoms with Crippen LogP contribution in [0.15, 0.2) is 65.8 Å². The van der Waals surface area contributed by atoms with Crippen molar-refractivity contribution in [1.82, 2.24) is 14.1 Å². The average molecular weight is 434 g/mol. The molecule has 0 N–H and O–H groups in total. The maximum Gasteiger partial charge on any atom is 0.251 e. The third kappa shape index (κ3) is 3.96. The van der Waals surface area contributed by atoms with E-state index >= 15 is 0 Å². The predicted molar refractivity (Wildman–Crippen MR) is 124 cm³/mol. The summed E-state index contributed by atoms with van der Waals surface area (Å²) in [5, 5.41) is 1.64. The molecule has 1 radical (unpaired) electrons. The average Bonchev–Trinajstić information content (AvgIpc) is 3.12. The molecule has 0 unspecified atom stereocenters. The van der Waals surface area contributed by atoms with E-state index in [-0.39, 0.29) is 5.56 Å². The number of aromatic nitrogens is 3. The van der Waals surface area contributed by atoms with Crippen molar-refractivity contribution < 1.29 is 4.74 Å². The molecular weight excluding hydrogens is 412 g/mol. The van der Waals surface area contributed by atoms with Crippen LogP contribution in [-0.4, -0.2) is 40.4 Å². The minimum atomic E-state index is -0.0697. The molecule has 0 saturated carbocycles. The van der Waals surface area contributed by atoms with Gasteiger partial charge in [-0.05, 0) is 35.4 Å². The molecule has 31 heavy (non-hydrogen) atoms. The molecule has 7 heteroatoms. The van der Waals surface area contributed by atoms with Gasteiger partial charge in [0.1, 0.15) is 5.65 Å². The van der Waals surface area contributed by atoms with Crippen molar-refractivity contribution in [3.05, 3.63) is 89.0 Å². The quantitative estimate of drug-likeness (QED) is 0.487. The molecule has 6 nitrogen and oxygen atoms in total. The van der Waals surface area contributed by atoms with Gasteiger partial charge in [0, 0.05) is 54.6 Å². The molecule has 1 fully saturated rings. The summed E-state index contributed by atoms with van der Waals surface area (Å²) in [4.78, 5) is 19.7. The zero-order valence-electron chi connectivity index (χ0n) is 17.0. The molecule has 0 amide bonds. The molecule has 1 aliphatic heterocycles. The van der Waals surface area contributed by atoms with Crippen molar-refractivity contribution in [3.8, 4) is 11.1 Å². The van der Waals surface area contributed by atoms with Crippen molar-refractivity contribution in [3.63, 3.8) is 0 Å². The van der Waals surface area contributed by atoms with Crippen LogP contribution in [-0.2, 0) is 11.3 Å². The summed E-state index contributed by atoms with van der Waals surface area (Å²) in [5.41, 5.74) is 4.55. The normalized spacial score (nSPS) is 14.3. The van der Waals surface area contributed by atoms with E-state index in [2.05, 4.69) is 23.0 Å². The lowest BCUT2D eigenvalue weighted by molar-refractivity contribution is 0.122. The highest BCUT2D eigenvalue weighted by atomic mass is 35.5. The number of halogens is 1. The van der Waals surface area contributed by atoms with Crippen LogP contribution in [0.1, 0.15) is 5.56 Å². The van der Waals surface area contributed by atoms with Gasteiger partial charge in [0.05, 0.1) is 31.6 Å². The Bertz CT molecular complexity index is 1300. The lowest BCUT2D eigenvalue weighted by atomic mass is 10.1. The molecule has 0 atom stereocenters. The number of nitrogens with zero attached hydrogens (tertiary/aromatic N) is 4. The van der Waals surface area contributed by atoms with Crippen molar-refractivity contribution in [2.24, 2.45) is 0 Å². The van der Waals surface area contributed by atoms with E-state index in [0.29, 0.717) is 24.8 Å². The summed E-state index contributed by atoms with van der Waals surface area (Å²) in [6.07, 6.45) is 5.63. The number of anilines is 1. The SMILES string of the molecule is [CH2]n1cc(-c2ccn(Cc3cccc(Cl)c3)c(=O)c2)c2cc(N3CCOCC3)cnc21. The number of pyridine rings is 2. The summed E-state index contributed by atoms with van der Waals surface area (Å²) in [6.45, 7) is 3.58. The van der Waals surface area contributed by atoms with Crippen LogP contribution >= 0.6 is 11.6 Å². The fourth-order valence-corrected chi connectivity index (χ4v) is 4.24. The Kier molecular flexibility index (Phi) is 5.26. The molecule has 1 aromatic carbocycles. The maximum absolute atomic E-state index is 12.8. The standard InChI is InChI=1S/C24H22ClN4O2/c1-27-16-22(21-13-20(14-26-24(21)27)28-7-9-31-10-8-28)18-5-6-29(23(30)12-18)15-17-3-2-4-19(25)11-17/h2-6,11-14,16H,1,7-10,15H2. The van der Waals surface area contributed by atoms with E-state index < -0.39 is 0 Å². The zero-order chi connectivity index (χ0) is 21.4. The number of rotatable bonds is 4. The molecule has 1 aliphatic rings. The van der Waals surface area contributed by atoms with Crippen LogP contribution in [0.5, 0.6) is 0 Å². The first-order chi connectivity index (χ1) is 15.1.